The summed E-state index contributed by atoms with van der Waals surface area (Å²) in [5, 5.41) is 1.96. The molecule has 0 fully saturated rings. The van der Waals surface area contributed by atoms with Crippen LogP contribution in [0, 0.1) is 0 Å². The Morgan fingerprint density at radius 2 is 2.50 bits per heavy atom. The SMILES string of the molecule is [B]NONCC. The van der Waals surface area contributed by atoms with Crippen LogP contribution in [0.4, 0.5) is 0 Å². The van der Waals surface area contributed by atoms with Crippen molar-refractivity contribution >= 4 is 7.98 Å². The first-order valence-electron chi connectivity index (χ1n) is 1.76. The second kappa shape index (κ2) is 4.94. The van der Waals surface area contributed by atoms with Crippen LogP contribution in [0.25, 0.3) is 0 Å². The lowest BCUT2D eigenvalue weighted by Gasteiger charge is -1.95. The summed E-state index contributed by atoms with van der Waals surface area (Å²) in [4.78, 5) is 4.26. The monoisotopic (exact) mass is 86.1 g/mol. The fraction of sp³-hybridized carbons (Fsp3) is 1.00. The first kappa shape index (κ1) is 5.94. The average molecular weight is 85.9 g/mol. The van der Waals surface area contributed by atoms with Crippen molar-refractivity contribution in [2.75, 3.05) is 6.54 Å². The van der Waals surface area contributed by atoms with E-state index in [4.69, 9.17) is 0 Å². The molecule has 0 unspecified atom stereocenters. The predicted octanol–water partition coefficient (Wildman–Crippen LogP) is -0.884. The van der Waals surface area contributed by atoms with Gasteiger partial charge in [0.1, 0.15) is 0 Å². The van der Waals surface area contributed by atoms with E-state index in [0.29, 0.717) is 0 Å². The van der Waals surface area contributed by atoms with Gasteiger partial charge in [-0.2, -0.15) is 5.48 Å². The lowest BCUT2D eigenvalue weighted by Crippen LogP contribution is -2.22. The Morgan fingerprint density at radius 1 is 1.83 bits per heavy atom. The summed E-state index contributed by atoms with van der Waals surface area (Å²) in [7, 11) is 4.68. The molecule has 0 atom stereocenters. The van der Waals surface area contributed by atoms with Crippen LogP contribution in [-0.4, -0.2) is 14.5 Å². The van der Waals surface area contributed by atoms with Gasteiger partial charge in [0.05, 0.1) is 0 Å². The highest BCUT2D eigenvalue weighted by molar-refractivity contribution is 6.03. The van der Waals surface area contributed by atoms with E-state index >= 15 is 0 Å². The molecule has 2 N–H and O–H groups in total. The standard InChI is InChI=1S/C2H7BN2O/c1-2-4-6-5-3/h4-5H,2H2,1H3. The maximum absolute atomic E-state index is 4.68. The molecule has 0 amide bonds. The van der Waals surface area contributed by atoms with E-state index in [0.717, 1.165) is 6.54 Å². The Morgan fingerprint density at radius 3 is 2.67 bits per heavy atom. The fourth-order valence-electron chi connectivity index (χ4n) is 0.114. The zero-order chi connectivity index (χ0) is 4.83. The normalized spacial score (nSPS) is 8.83. The summed E-state index contributed by atoms with van der Waals surface area (Å²) < 4.78 is 0. The second-order valence-corrected chi connectivity index (χ2v) is 0.718. The van der Waals surface area contributed by atoms with Gasteiger partial charge in [-0.3, -0.25) is 0 Å². The molecule has 0 aromatic heterocycles. The van der Waals surface area contributed by atoms with Gasteiger partial charge < -0.3 is 0 Å². The van der Waals surface area contributed by atoms with Gasteiger partial charge in [0.25, 0.3) is 0 Å². The zero-order valence-corrected chi connectivity index (χ0v) is 3.69. The Labute approximate surface area is 38.4 Å². The van der Waals surface area contributed by atoms with Gasteiger partial charge in [-0.1, -0.05) is 6.92 Å². The van der Waals surface area contributed by atoms with Gasteiger partial charge >= 0.3 is 0 Å². The summed E-state index contributed by atoms with van der Waals surface area (Å²) in [5.74, 6) is 0. The molecule has 0 rings (SSSR count). The summed E-state index contributed by atoms with van der Waals surface area (Å²) >= 11 is 0. The maximum atomic E-state index is 4.68. The van der Waals surface area contributed by atoms with Gasteiger partial charge in [-0.05, 0) is 0 Å². The van der Waals surface area contributed by atoms with Crippen LogP contribution in [0.15, 0.2) is 0 Å². The minimum atomic E-state index is 0.740. The summed E-state index contributed by atoms with van der Waals surface area (Å²) in [6.07, 6.45) is 0. The molecule has 4 heteroatoms. The van der Waals surface area contributed by atoms with Crippen molar-refractivity contribution in [1.29, 1.82) is 0 Å². The number of hydroxylamine groups is 1. The lowest BCUT2D eigenvalue weighted by atomic mass is 10.5. The van der Waals surface area contributed by atoms with Gasteiger partial charge in [-0.25, -0.2) is 10.3 Å². The van der Waals surface area contributed by atoms with Crippen molar-refractivity contribution in [3.05, 3.63) is 0 Å². The molecule has 34 valence electrons. The van der Waals surface area contributed by atoms with E-state index < -0.39 is 0 Å². The third-order valence-electron chi connectivity index (χ3n) is 0.275. The fourth-order valence-corrected chi connectivity index (χ4v) is 0.114. The van der Waals surface area contributed by atoms with Crippen LogP contribution in [0.5, 0.6) is 0 Å². The molecule has 0 aliphatic rings. The second-order valence-electron chi connectivity index (χ2n) is 0.718. The van der Waals surface area contributed by atoms with Crippen molar-refractivity contribution < 1.29 is 4.94 Å². The molecule has 0 aliphatic carbocycles. The van der Waals surface area contributed by atoms with E-state index in [-0.39, 0.29) is 0 Å². The Bertz CT molecular complexity index is 23.5. The Balaban J connectivity index is 2.34. The van der Waals surface area contributed by atoms with Crippen LogP contribution < -0.4 is 10.9 Å². The average Bonchev–Trinajstić information content (AvgIpc) is 1.61. The van der Waals surface area contributed by atoms with E-state index in [1.54, 1.807) is 0 Å². The molecular weight excluding hydrogens is 78.8 g/mol. The zero-order valence-electron chi connectivity index (χ0n) is 3.69. The van der Waals surface area contributed by atoms with Crippen molar-refractivity contribution in [1.82, 2.24) is 10.9 Å². The molecule has 6 heavy (non-hydrogen) atoms. The smallest absolute Gasteiger partial charge is 0.222 e. The van der Waals surface area contributed by atoms with Crippen molar-refractivity contribution in [2.24, 2.45) is 0 Å². The van der Waals surface area contributed by atoms with Crippen LogP contribution in [0.3, 0.4) is 0 Å². The molecule has 0 aromatic carbocycles. The molecule has 2 radical (unpaired) electrons. The highest BCUT2D eigenvalue weighted by Gasteiger charge is 1.68. The van der Waals surface area contributed by atoms with Crippen LogP contribution in [0.2, 0.25) is 0 Å². The highest BCUT2D eigenvalue weighted by Crippen LogP contribution is 1.47. The Kier molecular flexibility index (Phi) is 4.90. The molecule has 0 aromatic rings. The summed E-state index contributed by atoms with van der Waals surface area (Å²) in [5.41, 5.74) is 2.46. The largest absolute Gasteiger partial charge is 0.239 e. The van der Waals surface area contributed by atoms with E-state index in [1.165, 1.54) is 0 Å². The third kappa shape index (κ3) is 3.94. The van der Waals surface area contributed by atoms with Gasteiger partial charge in [0.15, 0.2) is 0 Å². The number of hydrogen-bond donors (Lipinski definition) is 2. The number of nitrogens with one attached hydrogen (secondary N) is 2. The topological polar surface area (TPSA) is 33.3 Å². The molecule has 0 saturated heterocycles. The molecular formula is C2H7BN2O. The maximum Gasteiger partial charge on any atom is 0.222 e. The van der Waals surface area contributed by atoms with Crippen molar-refractivity contribution in [3.8, 4) is 0 Å². The molecule has 3 nitrogen and oxygen atoms in total. The highest BCUT2D eigenvalue weighted by atomic mass is 16.8. The molecule has 0 aliphatic heterocycles. The predicted molar refractivity (Wildman–Crippen MR) is 23.7 cm³/mol. The van der Waals surface area contributed by atoms with Gasteiger partial charge in [0.2, 0.25) is 7.98 Å². The van der Waals surface area contributed by atoms with E-state index in [9.17, 15) is 0 Å². The van der Waals surface area contributed by atoms with Crippen molar-refractivity contribution in [3.63, 3.8) is 0 Å². The van der Waals surface area contributed by atoms with Crippen LogP contribution in [0.1, 0.15) is 6.92 Å². The minimum Gasteiger partial charge on any atom is -0.239 e. The van der Waals surface area contributed by atoms with Gasteiger partial charge in [0, 0.05) is 6.54 Å². The van der Waals surface area contributed by atoms with Crippen molar-refractivity contribution in [2.45, 2.75) is 6.92 Å². The third-order valence-corrected chi connectivity index (χ3v) is 0.275. The molecule has 0 spiro atoms. The van der Waals surface area contributed by atoms with E-state index in [1.807, 2.05) is 12.3 Å². The molecule has 0 saturated carbocycles. The molecule has 0 bridgehead atoms. The number of rotatable bonds is 3. The quantitative estimate of drug-likeness (QED) is 0.265. The van der Waals surface area contributed by atoms with E-state index in [2.05, 4.69) is 18.4 Å². The first-order chi connectivity index (χ1) is 2.91. The van der Waals surface area contributed by atoms with Crippen LogP contribution in [-0.2, 0) is 4.94 Å². The lowest BCUT2D eigenvalue weighted by molar-refractivity contribution is 0.00826. The molecule has 0 heterocycles. The summed E-state index contributed by atoms with van der Waals surface area (Å²) in [6.45, 7) is 2.64. The van der Waals surface area contributed by atoms with Crippen LogP contribution >= 0.6 is 0 Å². The summed E-state index contributed by atoms with van der Waals surface area (Å²) in [6, 6.07) is 0. The number of hydrogen-bond acceptors (Lipinski definition) is 3. The Hall–Kier alpha value is -0.0551. The van der Waals surface area contributed by atoms with Gasteiger partial charge in [-0.15, -0.1) is 0 Å². The minimum absolute atomic E-state index is 0.740. The first-order valence-corrected chi connectivity index (χ1v) is 1.76.